The van der Waals surface area contributed by atoms with Crippen molar-refractivity contribution in [3.63, 3.8) is 0 Å². The quantitative estimate of drug-likeness (QED) is 0.853. The number of amides is 1. The molecule has 0 fully saturated rings. The lowest BCUT2D eigenvalue weighted by Gasteiger charge is -2.10. The Labute approximate surface area is 131 Å². The second kappa shape index (κ2) is 7.73. The molecule has 2 rings (SSSR count). The number of aromatic nitrogens is 2. The lowest BCUT2D eigenvalue weighted by atomic mass is 10.1. The van der Waals surface area contributed by atoms with E-state index in [1.165, 1.54) is 5.56 Å². The van der Waals surface area contributed by atoms with Gasteiger partial charge in [-0.05, 0) is 25.3 Å². The molecule has 1 atom stereocenters. The van der Waals surface area contributed by atoms with E-state index in [0.717, 1.165) is 18.4 Å². The van der Waals surface area contributed by atoms with E-state index in [1.54, 1.807) is 0 Å². The maximum Gasteiger partial charge on any atom is 0.227 e. The van der Waals surface area contributed by atoms with Gasteiger partial charge >= 0.3 is 0 Å². The zero-order valence-corrected chi connectivity index (χ0v) is 13.4. The average Bonchev–Trinajstić information content (AvgIpc) is 3.02. The minimum absolute atomic E-state index is 0.0152. The second-order valence-electron chi connectivity index (χ2n) is 5.44. The summed E-state index contributed by atoms with van der Waals surface area (Å²) >= 11 is 0. The largest absolute Gasteiger partial charge is 0.354 e. The molecule has 1 heterocycles. The molecule has 5 heteroatoms. The molecule has 1 N–H and O–H groups in total. The van der Waals surface area contributed by atoms with Gasteiger partial charge in [0.15, 0.2) is 0 Å². The van der Waals surface area contributed by atoms with Crippen LogP contribution in [-0.2, 0) is 17.6 Å². The molecule has 22 heavy (non-hydrogen) atoms. The summed E-state index contributed by atoms with van der Waals surface area (Å²) in [5.74, 6) is 1.08. The molecule has 1 unspecified atom stereocenters. The van der Waals surface area contributed by atoms with Crippen molar-refractivity contribution in [1.82, 2.24) is 15.5 Å². The molecule has 0 aliphatic rings. The molecule has 2 aromatic rings. The number of benzene rings is 1. The van der Waals surface area contributed by atoms with Gasteiger partial charge in [0, 0.05) is 24.4 Å². The van der Waals surface area contributed by atoms with Crippen molar-refractivity contribution in [2.45, 2.75) is 52.5 Å². The molecular weight excluding hydrogens is 278 g/mol. The number of hydrogen-bond donors (Lipinski definition) is 1. The molecule has 0 radical (unpaired) electrons. The summed E-state index contributed by atoms with van der Waals surface area (Å²) in [6.07, 6.45) is 2.75. The SMILES string of the molecule is CCc1ccc(-c2noc(CCC(=O)NC(C)CC)n2)cc1. The first kappa shape index (κ1) is 16.2. The lowest BCUT2D eigenvalue weighted by Crippen LogP contribution is -2.32. The molecule has 1 aromatic carbocycles. The van der Waals surface area contributed by atoms with Gasteiger partial charge in [0.2, 0.25) is 17.6 Å². The minimum Gasteiger partial charge on any atom is -0.354 e. The Morgan fingerprint density at radius 2 is 2.00 bits per heavy atom. The first-order valence-corrected chi connectivity index (χ1v) is 7.83. The summed E-state index contributed by atoms with van der Waals surface area (Å²) in [7, 11) is 0. The number of rotatable bonds is 7. The van der Waals surface area contributed by atoms with Gasteiger partial charge in [-0.25, -0.2) is 0 Å². The monoisotopic (exact) mass is 301 g/mol. The Morgan fingerprint density at radius 1 is 1.27 bits per heavy atom. The fraction of sp³-hybridized carbons (Fsp3) is 0.471. The van der Waals surface area contributed by atoms with Crippen molar-refractivity contribution < 1.29 is 9.32 Å². The van der Waals surface area contributed by atoms with Crippen LogP contribution in [0.4, 0.5) is 0 Å². The Bertz CT molecular complexity index is 605. The Morgan fingerprint density at radius 3 is 2.64 bits per heavy atom. The summed E-state index contributed by atoms with van der Waals surface area (Å²) in [5.41, 5.74) is 2.20. The number of nitrogens with zero attached hydrogens (tertiary/aromatic N) is 2. The highest BCUT2D eigenvalue weighted by molar-refractivity contribution is 5.76. The standard InChI is InChI=1S/C17H23N3O2/c1-4-12(3)18-15(21)10-11-16-19-17(20-22-16)14-8-6-13(5-2)7-9-14/h6-9,12H,4-5,10-11H2,1-3H3,(H,18,21). The highest BCUT2D eigenvalue weighted by Crippen LogP contribution is 2.17. The van der Waals surface area contributed by atoms with Crippen molar-refractivity contribution in [2.75, 3.05) is 0 Å². The molecule has 0 spiro atoms. The summed E-state index contributed by atoms with van der Waals surface area (Å²) in [6.45, 7) is 6.15. The summed E-state index contributed by atoms with van der Waals surface area (Å²) < 4.78 is 5.22. The zero-order valence-electron chi connectivity index (χ0n) is 13.4. The third kappa shape index (κ3) is 4.41. The third-order valence-corrected chi connectivity index (χ3v) is 3.67. The first-order chi connectivity index (χ1) is 10.6. The maximum absolute atomic E-state index is 11.7. The average molecular weight is 301 g/mol. The van der Waals surface area contributed by atoms with Gasteiger partial charge in [0.05, 0.1) is 0 Å². The number of hydrogen-bond acceptors (Lipinski definition) is 4. The minimum atomic E-state index is 0.0152. The normalized spacial score (nSPS) is 12.1. The molecule has 0 saturated carbocycles. The van der Waals surface area contributed by atoms with E-state index in [1.807, 2.05) is 26.0 Å². The van der Waals surface area contributed by atoms with Gasteiger partial charge in [-0.2, -0.15) is 4.98 Å². The topological polar surface area (TPSA) is 68.0 Å². The molecule has 5 nitrogen and oxygen atoms in total. The van der Waals surface area contributed by atoms with Gasteiger partial charge in [-0.1, -0.05) is 43.3 Å². The number of nitrogens with one attached hydrogen (secondary N) is 1. The van der Waals surface area contributed by atoms with Crippen LogP contribution in [0, 0.1) is 0 Å². The van der Waals surface area contributed by atoms with Crippen LogP contribution in [0.2, 0.25) is 0 Å². The molecule has 0 saturated heterocycles. The molecule has 1 aromatic heterocycles. The van der Waals surface area contributed by atoms with E-state index in [2.05, 4.69) is 34.5 Å². The van der Waals surface area contributed by atoms with E-state index < -0.39 is 0 Å². The van der Waals surface area contributed by atoms with Crippen LogP contribution in [0.1, 0.15) is 45.1 Å². The fourth-order valence-electron chi connectivity index (χ4n) is 2.03. The Hall–Kier alpha value is -2.17. The number of carbonyl (C=O) groups is 1. The fourth-order valence-corrected chi connectivity index (χ4v) is 2.03. The van der Waals surface area contributed by atoms with E-state index in [4.69, 9.17) is 4.52 Å². The zero-order chi connectivity index (χ0) is 15.9. The maximum atomic E-state index is 11.7. The van der Waals surface area contributed by atoms with Gasteiger partial charge in [-0.3, -0.25) is 4.79 Å². The van der Waals surface area contributed by atoms with E-state index in [-0.39, 0.29) is 11.9 Å². The summed E-state index contributed by atoms with van der Waals surface area (Å²) in [6, 6.07) is 8.30. The van der Waals surface area contributed by atoms with Crippen molar-refractivity contribution in [1.29, 1.82) is 0 Å². The molecule has 0 bridgehead atoms. The summed E-state index contributed by atoms with van der Waals surface area (Å²) in [5, 5.41) is 6.90. The van der Waals surface area contributed by atoms with Crippen LogP contribution in [0.5, 0.6) is 0 Å². The van der Waals surface area contributed by atoms with Gasteiger partial charge in [-0.15, -0.1) is 0 Å². The number of aryl methyl sites for hydroxylation is 2. The molecule has 0 aliphatic carbocycles. The molecular formula is C17H23N3O2. The highest BCUT2D eigenvalue weighted by Gasteiger charge is 2.11. The Balaban J connectivity index is 1.92. The summed E-state index contributed by atoms with van der Waals surface area (Å²) in [4.78, 5) is 16.1. The van der Waals surface area contributed by atoms with Crippen molar-refractivity contribution in [3.05, 3.63) is 35.7 Å². The van der Waals surface area contributed by atoms with E-state index in [0.29, 0.717) is 24.6 Å². The predicted molar refractivity (Wildman–Crippen MR) is 85.3 cm³/mol. The van der Waals surface area contributed by atoms with Gasteiger partial charge in [0.1, 0.15) is 0 Å². The van der Waals surface area contributed by atoms with Crippen molar-refractivity contribution in [2.24, 2.45) is 0 Å². The van der Waals surface area contributed by atoms with Crippen LogP contribution >= 0.6 is 0 Å². The van der Waals surface area contributed by atoms with Crippen LogP contribution < -0.4 is 5.32 Å². The lowest BCUT2D eigenvalue weighted by molar-refractivity contribution is -0.121. The van der Waals surface area contributed by atoms with Crippen LogP contribution in [0.25, 0.3) is 11.4 Å². The molecule has 0 aliphatic heterocycles. The second-order valence-corrected chi connectivity index (χ2v) is 5.44. The predicted octanol–water partition coefficient (Wildman–Crippen LogP) is 3.15. The molecule has 1 amide bonds. The van der Waals surface area contributed by atoms with E-state index >= 15 is 0 Å². The van der Waals surface area contributed by atoms with E-state index in [9.17, 15) is 4.79 Å². The van der Waals surface area contributed by atoms with Crippen LogP contribution in [-0.4, -0.2) is 22.1 Å². The van der Waals surface area contributed by atoms with Gasteiger partial charge < -0.3 is 9.84 Å². The van der Waals surface area contributed by atoms with Crippen LogP contribution in [0.3, 0.4) is 0 Å². The molecule has 118 valence electrons. The van der Waals surface area contributed by atoms with Crippen molar-refractivity contribution >= 4 is 5.91 Å². The van der Waals surface area contributed by atoms with Crippen LogP contribution in [0.15, 0.2) is 28.8 Å². The third-order valence-electron chi connectivity index (χ3n) is 3.67. The highest BCUT2D eigenvalue weighted by atomic mass is 16.5. The number of carbonyl (C=O) groups excluding carboxylic acids is 1. The Kier molecular flexibility index (Phi) is 5.69. The van der Waals surface area contributed by atoms with Gasteiger partial charge in [0.25, 0.3) is 0 Å². The van der Waals surface area contributed by atoms with Crippen molar-refractivity contribution in [3.8, 4) is 11.4 Å². The first-order valence-electron chi connectivity index (χ1n) is 7.83. The smallest absolute Gasteiger partial charge is 0.227 e.